The van der Waals surface area contributed by atoms with Crippen molar-refractivity contribution in [1.29, 1.82) is 0 Å². The molecule has 1 saturated carbocycles. The molecule has 5 aromatic rings. The third-order valence-corrected chi connectivity index (χ3v) is 7.65. The summed E-state index contributed by atoms with van der Waals surface area (Å²) in [7, 11) is 0. The number of benzene rings is 2. The van der Waals surface area contributed by atoms with Gasteiger partial charge in [0.1, 0.15) is 0 Å². The Morgan fingerprint density at radius 3 is 2.59 bits per heavy atom. The van der Waals surface area contributed by atoms with E-state index in [1.165, 1.54) is 24.2 Å². The van der Waals surface area contributed by atoms with E-state index >= 15 is 0 Å². The van der Waals surface area contributed by atoms with Gasteiger partial charge in [0, 0.05) is 34.6 Å². The van der Waals surface area contributed by atoms with Crippen LogP contribution in [0.15, 0.2) is 77.8 Å². The fourth-order valence-corrected chi connectivity index (χ4v) is 5.67. The number of nitrogen functional groups attached to an aromatic ring is 1. The Morgan fingerprint density at radius 1 is 0.974 bits per heavy atom. The molecule has 196 valence electrons. The van der Waals surface area contributed by atoms with Crippen LogP contribution in [0.2, 0.25) is 0 Å². The first-order valence-corrected chi connectivity index (χ1v) is 13.7. The van der Waals surface area contributed by atoms with Gasteiger partial charge in [-0.3, -0.25) is 4.79 Å². The molecular weight excluding hydrogens is 510 g/mol. The van der Waals surface area contributed by atoms with E-state index in [1.807, 2.05) is 54.6 Å². The quantitative estimate of drug-likeness (QED) is 0.207. The number of anilines is 4. The van der Waals surface area contributed by atoms with Crippen molar-refractivity contribution in [3.05, 3.63) is 73.4 Å². The summed E-state index contributed by atoms with van der Waals surface area (Å²) in [6.07, 6.45) is 10.1. The van der Waals surface area contributed by atoms with Crippen molar-refractivity contribution in [2.45, 2.75) is 32.1 Å². The summed E-state index contributed by atoms with van der Waals surface area (Å²) in [4.78, 5) is 31.4. The van der Waals surface area contributed by atoms with Gasteiger partial charge in [0.25, 0.3) is 0 Å². The van der Waals surface area contributed by atoms with Gasteiger partial charge >= 0.3 is 0 Å². The molecule has 4 N–H and O–H groups in total. The van der Waals surface area contributed by atoms with E-state index in [-0.39, 0.29) is 11.8 Å². The normalized spacial score (nSPS) is 13.7. The molecule has 1 amide bonds. The zero-order valence-electron chi connectivity index (χ0n) is 21.1. The monoisotopic (exact) mass is 537 g/mol. The number of hydrogen-bond acceptors (Lipinski definition) is 9. The SMILES string of the molecule is Nc1nc(-c2cccc(NC(=O)C3CCCCC3)c2)c(-c2ccnc(Nc3cccc(-c4cnco4)c3)n2)s1. The van der Waals surface area contributed by atoms with Crippen molar-refractivity contribution in [2.24, 2.45) is 5.92 Å². The van der Waals surface area contributed by atoms with Crippen molar-refractivity contribution in [3.63, 3.8) is 0 Å². The van der Waals surface area contributed by atoms with Crippen molar-refractivity contribution in [1.82, 2.24) is 19.9 Å². The predicted octanol–water partition coefficient (Wildman–Crippen LogP) is 6.77. The summed E-state index contributed by atoms with van der Waals surface area (Å²) in [5.41, 5.74) is 10.9. The lowest BCUT2D eigenvalue weighted by atomic mass is 9.88. The lowest BCUT2D eigenvalue weighted by Crippen LogP contribution is -2.24. The zero-order chi connectivity index (χ0) is 26.6. The maximum Gasteiger partial charge on any atom is 0.227 e. The second-order valence-corrected chi connectivity index (χ2v) is 10.5. The third-order valence-electron chi connectivity index (χ3n) is 6.75. The third kappa shape index (κ3) is 5.65. The fourth-order valence-electron chi connectivity index (χ4n) is 4.84. The van der Waals surface area contributed by atoms with Crippen molar-refractivity contribution in [3.8, 4) is 33.2 Å². The maximum absolute atomic E-state index is 12.8. The van der Waals surface area contributed by atoms with Gasteiger partial charge < -0.3 is 20.8 Å². The number of thiazole rings is 1. The number of carbonyl (C=O) groups excluding carboxylic acids is 1. The molecular formula is C29H27N7O2S. The van der Waals surface area contributed by atoms with Crippen molar-refractivity contribution in [2.75, 3.05) is 16.4 Å². The highest BCUT2D eigenvalue weighted by molar-refractivity contribution is 7.19. The molecule has 0 unspecified atom stereocenters. The van der Waals surface area contributed by atoms with Crippen LogP contribution >= 0.6 is 11.3 Å². The Hall–Kier alpha value is -4.57. The average molecular weight is 538 g/mol. The number of nitrogens with zero attached hydrogens (tertiary/aromatic N) is 4. The van der Waals surface area contributed by atoms with E-state index in [2.05, 4.69) is 25.6 Å². The second-order valence-electron chi connectivity index (χ2n) is 9.47. The molecule has 0 radical (unpaired) electrons. The Morgan fingerprint density at radius 2 is 1.77 bits per heavy atom. The number of carbonyl (C=O) groups is 1. The highest BCUT2D eigenvalue weighted by Gasteiger charge is 2.22. The van der Waals surface area contributed by atoms with Gasteiger partial charge in [-0.05, 0) is 43.2 Å². The Labute approximate surface area is 229 Å². The number of aromatic nitrogens is 4. The minimum absolute atomic E-state index is 0.0799. The molecule has 0 aliphatic heterocycles. The largest absolute Gasteiger partial charge is 0.444 e. The highest BCUT2D eigenvalue weighted by atomic mass is 32.1. The van der Waals surface area contributed by atoms with Gasteiger partial charge in [-0.1, -0.05) is 54.9 Å². The molecule has 0 bridgehead atoms. The van der Waals surface area contributed by atoms with Crippen LogP contribution in [-0.4, -0.2) is 25.8 Å². The van der Waals surface area contributed by atoms with E-state index in [4.69, 9.17) is 15.1 Å². The molecule has 1 fully saturated rings. The van der Waals surface area contributed by atoms with Crippen LogP contribution in [0.4, 0.5) is 22.5 Å². The van der Waals surface area contributed by atoms with Crippen molar-refractivity contribution < 1.29 is 9.21 Å². The summed E-state index contributed by atoms with van der Waals surface area (Å²) in [6, 6.07) is 17.3. The highest BCUT2D eigenvalue weighted by Crippen LogP contribution is 2.38. The average Bonchev–Trinajstić information content (AvgIpc) is 3.64. The smallest absolute Gasteiger partial charge is 0.227 e. The molecule has 1 aliphatic carbocycles. The van der Waals surface area contributed by atoms with Crippen LogP contribution in [0.25, 0.3) is 33.2 Å². The second kappa shape index (κ2) is 11.0. The minimum Gasteiger partial charge on any atom is -0.444 e. The Bertz CT molecular complexity index is 1590. The molecule has 0 saturated heterocycles. The molecule has 6 rings (SSSR count). The molecule has 9 nitrogen and oxygen atoms in total. The molecule has 1 aliphatic rings. The summed E-state index contributed by atoms with van der Waals surface area (Å²) in [5, 5.41) is 6.80. The van der Waals surface area contributed by atoms with Crippen LogP contribution in [0.5, 0.6) is 0 Å². The molecule has 2 aromatic carbocycles. The van der Waals surface area contributed by atoms with Gasteiger partial charge in [0.15, 0.2) is 17.3 Å². The lowest BCUT2D eigenvalue weighted by Gasteiger charge is -2.20. The molecule has 3 aromatic heterocycles. The molecule has 0 atom stereocenters. The van der Waals surface area contributed by atoms with Gasteiger partial charge in [0.2, 0.25) is 11.9 Å². The number of amides is 1. The number of hydrogen-bond donors (Lipinski definition) is 3. The maximum atomic E-state index is 12.8. The van der Waals surface area contributed by atoms with Crippen LogP contribution in [0.1, 0.15) is 32.1 Å². The molecule has 39 heavy (non-hydrogen) atoms. The number of nitrogens with one attached hydrogen (secondary N) is 2. The molecule has 10 heteroatoms. The topological polar surface area (TPSA) is 132 Å². The van der Waals surface area contributed by atoms with E-state index in [9.17, 15) is 4.79 Å². The molecule has 3 heterocycles. The molecule has 0 spiro atoms. The first kappa shape index (κ1) is 24.7. The first-order chi connectivity index (χ1) is 19.1. The van der Waals surface area contributed by atoms with Gasteiger partial charge in [-0.2, -0.15) is 0 Å². The predicted molar refractivity (Wildman–Crippen MR) is 153 cm³/mol. The summed E-state index contributed by atoms with van der Waals surface area (Å²) in [6.45, 7) is 0. The Balaban J connectivity index is 1.25. The number of nitrogens with two attached hydrogens (primary N) is 1. The number of rotatable bonds is 7. The van der Waals surface area contributed by atoms with Crippen molar-refractivity contribution >= 4 is 39.7 Å². The van der Waals surface area contributed by atoms with Crippen LogP contribution in [-0.2, 0) is 4.79 Å². The fraction of sp³-hybridized carbons (Fsp3) is 0.207. The van der Waals surface area contributed by atoms with E-state index < -0.39 is 0 Å². The lowest BCUT2D eigenvalue weighted by molar-refractivity contribution is -0.120. The first-order valence-electron chi connectivity index (χ1n) is 12.9. The van der Waals surface area contributed by atoms with Crippen LogP contribution in [0, 0.1) is 5.92 Å². The van der Waals surface area contributed by atoms with E-state index in [0.29, 0.717) is 28.2 Å². The summed E-state index contributed by atoms with van der Waals surface area (Å²) >= 11 is 1.36. The van der Waals surface area contributed by atoms with Gasteiger partial charge in [-0.15, -0.1) is 0 Å². The zero-order valence-corrected chi connectivity index (χ0v) is 21.9. The van der Waals surface area contributed by atoms with Crippen LogP contribution in [0.3, 0.4) is 0 Å². The standard InChI is InChI=1S/C29H27N7O2S/c30-28-36-25(20-9-5-10-21(15-20)33-27(37)18-6-2-1-3-7-18)26(39-28)23-12-13-32-29(35-23)34-22-11-4-8-19(14-22)24-16-31-17-38-24/h4-5,8-18H,1-3,6-7H2,(H2,30,36)(H,33,37)(H,32,34,35). The van der Waals surface area contributed by atoms with Gasteiger partial charge in [0.05, 0.1) is 22.5 Å². The minimum atomic E-state index is 0.0799. The van der Waals surface area contributed by atoms with Gasteiger partial charge in [-0.25, -0.2) is 19.9 Å². The summed E-state index contributed by atoms with van der Waals surface area (Å²) in [5.74, 6) is 1.28. The van der Waals surface area contributed by atoms with Crippen LogP contribution < -0.4 is 16.4 Å². The Kier molecular flexibility index (Phi) is 7.01. The van der Waals surface area contributed by atoms with E-state index in [0.717, 1.165) is 53.1 Å². The summed E-state index contributed by atoms with van der Waals surface area (Å²) < 4.78 is 5.41. The number of oxazole rings is 1. The van der Waals surface area contributed by atoms with E-state index in [1.54, 1.807) is 12.4 Å².